The first-order valence-electron chi connectivity index (χ1n) is 10.7. The number of nitrogens with zero attached hydrogens (tertiary/aromatic N) is 3. The van der Waals surface area contributed by atoms with Crippen LogP contribution in [0.1, 0.15) is 61.4 Å². The molecule has 2 atom stereocenters. The molecular weight excluding hydrogens is 550 g/mol. The number of hydrogen-bond acceptors (Lipinski definition) is 7. The van der Waals surface area contributed by atoms with Gasteiger partial charge in [-0.1, -0.05) is 42.1 Å². The van der Waals surface area contributed by atoms with E-state index >= 15 is 0 Å². The van der Waals surface area contributed by atoms with Crippen molar-refractivity contribution in [3.63, 3.8) is 0 Å². The van der Waals surface area contributed by atoms with Crippen molar-refractivity contribution in [3.05, 3.63) is 38.8 Å². The molecule has 1 fully saturated rings. The van der Waals surface area contributed by atoms with Gasteiger partial charge >= 0.3 is 5.97 Å². The van der Waals surface area contributed by atoms with Crippen LogP contribution in [-0.2, 0) is 11.2 Å². The van der Waals surface area contributed by atoms with Crippen molar-refractivity contribution in [1.29, 1.82) is 0 Å². The summed E-state index contributed by atoms with van der Waals surface area (Å²) in [5.41, 5.74) is 1.26. The molecule has 172 valence electrons. The SMILES string of the molecule is CCCCCCc1cocc1C(=O)OC1CN(CCCCBr)C[N+]1([O-])c1ncc(Br)s1. The Labute approximate surface area is 204 Å². The second-order valence-electron chi connectivity index (χ2n) is 7.84. The van der Waals surface area contributed by atoms with Crippen molar-refractivity contribution in [2.24, 2.45) is 0 Å². The summed E-state index contributed by atoms with van der Waals surface area (Å²) in [6.45, 7) is 3.55. The predicted molar refractivity (Wildman–Crippen MR) is 130 cm³/mol. The topological polar surface area (TPSA) is 78.6 Å². The van der Waals surface area contributed by atoms with Crippen LogP contribution in [0.3, 0.4) is 0 Å². The lowest BCUT2D eigenvalue weighted by Gasteiger charge is -2.38. The molecule has 31 heavy (non-hydrogen) atoms. The number of thiazole rings is 1. The fourth-order valence-corrected chi connectivity index (χ4v) is 5.39. The number of ether oxygens (including phenoxy) is 1. The maximum absolute atomic E-state index is 13.8. The van der Waals surface area contributed by atoms with Crippen LogP contribution in [0.4, 0.5) is 5.13 Å². The van der Waals surface area contributed by atoms with Crippen molar-refractivity contribution < 1.29 is 13.9 Å². The van der Waals surface area contributed by atoms with Gasteiger partial charge in [0.15, 0.2) is 0 Å². The van der Waals surface area contributed by atoms with Crippen molar-refractivity contribution >= 4 is 54.3 Å². The molecule has 10 heteroatoms. The minimum absolute atomic E-state index is 0.218. The molecule has 1 aliphatic heterocycles. The molecule has 0 spiro atoms. The smallest absolute Gasteiger partial charge is 0.346 e. The molecule has 2 aromatic rings. The Balaban J connectivity index is 1.71. The number of quaternary nitrogens is 1. The highest BCUT2D eigenvalue weighted by Gasteiger charge is 2.46. The first kappa shape index (κ1) is 24.9. The average molecular weight is 579 g/mol. The van der Waals surface area contributed by atoms with Gasteiger partial charge in [0.2, 0.25) is 0 Å². The van der Waals surface area contributed by atoms with Crippen LogP contribution in [0.25, 0.3) is 0 Å². The standard InChI is InChI=1S/C21H29Br2N3O4S/c1-2-3-4-5-8-16-13-29-14-17(16)20(27)30-19-12-25(10-7-6-9-22)15-26(19,28)21-24-11-18(23)31-21/h11,13-14,19H,2-10,12,15H2,1H3. The molecule has 0 aliphatic carbocycles. The third kappa shape index (κ3) is 6.39. The molecule has 0 aromatic carbocycles. The van der Waals surface area contributed by atoms with E-state index < -0.39 is 16.8 Å². The second kappa shape index (κ2) is 11.9. The third-order valence-corrected chi connectivity index (χ3v) is 7.59. The third-order valence-electron chi connectivity index (χ3n) is 5.44. The highest BCUT2D eigenvalue weighted by atomic mass is 79.9. The number of furan rings is 1. The van der Waals surface area contributed by atoms with Crippen molar-refractivity contribution in [2.45, 2.75) is 58.1 Å². The lowest BCUT2D eigenvalue weighted by molar-refractivity contribution is 0.00544. The maximum atomic E-state index is 13.8. The van der Waals surface area contributed by atoms with E-state index in [2.05, 4.69) is 48.7 Å². The van der Waals surface area contributed by atoms with E-state index in [0.29, 0.717) is 17.2 Å². The van der Waals surface area contributed by atoms with Gasteiger partial charge in [0.25, 0.3) is 11.4 Å². The molecular formula is C21H29Br2N3O4S. The van der Waals surface area contributed by atoms with E-state index in [0.717, 1.165) is 59.7 Å². The maximum Gasteiger partial charge on any atom is 0.346 e. The fraction of sp³-hybridized carbons (Fsp3) is 0.619. The monoisotopic (exact) mass is 577 g/mol. The van der Waals surface area contributed by atoms with Crippen molar-refractivity contribution in [2.75, 3.05) is 25.1 Å². The largest absolute Gasteiger partial charge is 0.622 e. The van der Waals surface area contributed by atoms with Gasteiger partial charge in [-0.3, -0.25) is 4.65 Å². The van der Waals surface area contributed by atoms with Gasteiger partial charge in [0.1, 0.15) is 18.5 Å². The highest BCUT2D eigenvalue weighted by Crippen LogP contribution is 2.37. The van der Waals surface area contributed by atoms with Crippen molar-refractivity contribution in [1.82, 2.24) is 14.5 Å². The summed E-state index contributed by atoms with van der Waals surface area (Å²) in [7, 11) is 0. The number of hydroxylamine groups is 2. The van der Waals surface area contributed by atoms with E-state index in [4.69, 9.17) is 9.15 Å². The molecule has 3 heterocycles. The Morgan fingerprint density at radius 2 is 2.19 bits per heavy atom. The summed E-state index contributed by atoms with van der Waals surface area (Å²) in [4.78, 5) is 19.3. The molecule has 2 aromatic heterocycles. The minimum Gasteiger partial charge on any atom is -0.622 e. The van der Waals surface area contributed by atoms with Crippen LogP contribution in [0.2, 0.25) is 0 Å². The Morgan fingerprint density at radius 1 is 1.35 bits per heavy atom. The lowest BCUT2D eigenvalue weighted by atomic mass is 10.1. The van der Waals surface area contributed by atoms with Crippen LogP contribution in [-0.4, -0.2) is 47.2 Å². The van der Waals surface area contributed by atoms with E-state index in [1.807, 2.05) is 0 Å². The molecule has 0 bridgehead atoms. The van der Waals surface area contributed by atoms with E-state index in [1.54, 1.807) is 12.5 Å². The molecule has 1 saturated heterocycles. The second-order valence-corrected chi connectivity index (χ2v) is 11.0. The van der Waals surface area contributed by atoms with Gasteiger partial charge in [-0.15, -0.1) is 0 Å². The number of aromatic nitrogens is 1. The zero-order valence-corrected chi connectivity index (χ0v) is 21.7. The molecule has 0 radical (unpaired) electrons. The predicted octanol–water partition coefficient (Wildman–Crippen LogP) is 6.06. The van der Waals surface area contributed by atoms with Gasteiger partial charge in [-0.2, -0.15) is 4.98 Å². The number of aryl methyl sites for hydroxylation is 1. The first-order chi connectivity index (χ1) is 15.0. The quantitative estimate of drug-likeness (QED) is 0.100. The molecule has 3 rings (SSSR count). The molecule has 2 unspecified atom stereocenters. The number of hydrogen-bond donors (Lipinski definition) is 0. The Morgan fingerprint density at radius 3 is 2.90 bits per heavy atom. The number of esters is 1. The molecule has 0 N–H and O–H groups in total. The number of carbonyl (C=O) groups excluding carboxylic acids is 1. The normalized spacial score (nSPS) is 21.6. The van der Waals surface area contributed by atoms with Gasteiger partial charge in [0, 0.05) is 17.4 Å². The highest BCUT2D eigenvalue weighted by molar-refractivity contribution is 9.11. The summed E-state index contributed by atoms with van der Waals surface area (Å²) in [5, 5.41) is 15.2. The molecule has 7 nitrogen and oxygen atoms in total. The van der Waals surface area contributed by atoms with Gasteiger partial charge < -0.3 is 14.4 Å². The van der Waals surface area contributed by atoms with Gasteiger partial charge in [0.05, 0.1) is 22.8 Å². The van der Waals surface area contributed by atoms with Gasteiger partial charge in [-0.25, -0.2) is 9.69 Å². The Kier molecular flexibility index (Phi) is 9.54. The minimum atomic E-state index is -0.864. The summed E-state index contributed by atoms with van der Waals surface area (Å²) in [5.74, 6) is -0.500. The number of carbonyl (C=O) groups is 1. The Hall–Kier alpha value is -0.780. The van der Waals surface area contributed by atoms with Crippen LogP contribution >= 0.6 is 43.2 Å². The number of rotatable bonds is 12. The van der Waals surface area contributed by atoms with Crippen molar-refractivity contribution in [3.8, 4) is 0 Å². The number of halogens is 2. The zero-order valence-electron chi connectivity index (χ0n) is 17.7. The van der Waals surface area contributed by atoms with E-state index in [9.17, 15) is 10.0 Å². The Bertz CT molecular complexity index is 846. The summed E-state index contributed by atoms with van der Waals surface area (Å²) in [6, 6.07) is 0. The molecule has 0 amide bonds. The summed E-state index contributed by atoms with van der Waals surface area (Å²) in [6.07, 6.45) is 11.0. The van der Waals surface area contributed by atoms with Crippen LogP contribution < -0.4 is 4.65 Å². The van der Waals surface area contributed by atoms with E-state index in [-0.39, 0.29) is 6.67 Å². The lowest BCUT2D eigenvalue weighted by Crippen LogP contribution is -2.50. The first-order valence-corrected chi connectivity index (χ1v) is 13.5. The van der Waals surface area contributed by atoms with E-state index in [1.165, 1.54) is 24.0 Å². The zero-order chi connectivity index (χ0) is 22.3. The number of alkyl halides is 1. The van der Waals surface area contributed by atoms with Crippen LogP contribution in [0, 0.1) is 5.21 Å². The average Bonchev–Trinajstić information content (AvgIpc) is 3.46. The van der Waals surface area contributed by atoms with Crippen LogP contribution in [0.5, 0.6) is 0 Å². The summed E-state index contributed by atoms with van der Waals surface area (Å²) < 4.78 is 11.1. The van der Waals surface area contributed by atoms with Gasteiger partial charge in [-0.05, 0) is 53.0 Å². The molecule has 1 aliphatic rings. The fourth-order valence-electron chi connectivity index (χ4n) is 3.74. The number of unbranched alkanes of at least 4 members (excludes halogenated alkanes) is 4. The van der Waals surface area contributed by atoms with Crippen LogP contribution in [0.15, 0.2) is 26.9 Å². The molecule has 0 saturated carbocycles. The summed E-state index contributed by atoms with van der Waals surface area (Å²) >= 11 is 8.11.